The second kappa shape index (κ2) is 9.57. The summed E-state index contributed by atoms with van der Waals surface area (Å²) in [5.41, 5.74) is 15.4. The molecule has 0 saturated heterocycles. The molecule has 1 aliphatic carbocycles. The van der Waals surface area contributed by atoms with Crippen LogP contribution in [0.3, 0.4) is 0 Å². The Morgan fingerprint density at radius 3 is 1.72 bits per heavy atom. The second-order valence-electron chi connectivity index (χ2n) is 13.3. The van der Waals surface area contributed by atoms with Crippen LogP contribution in [0.5, 0.6) is 0 Å². The molecule has 47 heavy (non-hydrogen) atoms. The molecule has 0 spiro atoms. The number of hydrogen-bond acceptors (Lipinski definition) is 1. The highest BCUT2D eigenvalue weighted by molar-refractivity contribution is 6.13. The van der Waals surface area contributed by atoms with E-state index in [1.54, 1.807) is 0 Å². The Hall–Kier alpha value is -5.86. The quantitative estimate of drug-likeness (QED) is 0.197. The highest BCUT2D eigenvalue weighted by Gasteiger charge is 2.38. The van der Waals surface area contributed by atoms with Crippen molar-refractivity contribution in [1.29, 1.82) is 0 Å². The number of nitrogens with zero attached hydrogens (tertiary/aromatic N) is 1. The molecular formula is C45H31NO. The van der Waals surface area contributed by atoms with Gasteiger partial charge in [-0.25, -0.2) is 0 Å². The molecule has 0 amide bonds. The summed E-state index contributed by atoms with van der Waals surface area (Å²) in [6.07, 6.45) is 0. The molecule has 222 valence electrons. The van der Waals surface area contributed by atoms with Gasteiger partial charge in [0, 0.05) is 38.2 Å². The lowest BCUT2D eigenvalue weighted by Crippen LogP contribution is -2.14. The fourth-order valence-corrected chi connectivity index (χ4v) is 8.07. The van der Waals surface area contributed by atoms with E-state index in [4.69, 9.17) is 4.42 Å². The van der Waals surface area contributed by atoms with Gasteiger partial charge in [0.1, 0.15) is 11.2 Å². The fourth-order valence-electron chi connectivity index (χ4n) is 8.07. The molecule has 0 radical (unpaired) electrons. The van der Waals surface area contributed by atoms with Crippen molar-refractivity contribution in [3.63, 3.8) is 0 Å². The molecule has 1 aliphatic rings. The van der Waals surface area contributed by atoms with Crippen LogP contribution in [0.2, 0.25) is 0 Å². The van der Waals surface area contributed by atoms with Crippen LogP contribution < -0.4 is 0 Å². The molecule has 2 heteroatoms. The van der Waals surface area contributed by atoms with Crippen molar-refractivity contribution in [2.45, 2.75) is 19.3 Å². The lowest BCUT2D eigenvalue weighted by Gasteiger charge is -2.21. The monoisotopic (exact) mass is 601 g/mol. The zero-order chi connectivity index (χ0) is 31.3. The molecule has 2 nitrogen and oxygen atoms in total. The maximum atomic E-state index is 6.62. The first-order valence-corrected chi connectivity index (χ1v) is 16.4. The van der Waals surface area contributed by atoms with Crippen molar-refractivity contribution < 1.29 is 4.42 Å². The number of hydrogen-bond donors (Lipinski definition) is 0. The summed E-state index contributed by atoms with van der Waals surface area (Å²) in [5, 5.41) is 4.84. The van der Waals surface area contributed by atoms with Crippen molar-refractivity contribution in [1.82, 2.24) is 4.57 Å². The van der Waals surface area contributed by atoms with Crippen molar-refractivity contribution in [3.05, 3.63) is 163 Å². The number of furan rings is 1. The first-order chi connectivity index (χ1) is 23.1. The van der Waals surface area contributed by atoms with E-state index in [0.717, 1.165) is 16.9 Å². The molecule has 0 N–H and O–H groups in total. The molecule has 9 aromatic rings. The summed E-state index contributed by atoms with van der Waals surface area (Å²) in [5.74, 6) is 0. The van der Waals surface area contributed by atoms with Gasteiger partial charge in [0.2, 0.25) is 0 Å². The SMILES string of the molecule is CC1(C)c2ccc(-n3c4ccc(-c5ccccc5)cc4c4cc(-c5ccccc5)ccc43)cc2-c2c1ccc1c2oc2ccccc21. The summed E-state index contributed by atoms with van der Waals surface area (Å²) in [4.78, 5) is 0. The lowest BCUT2D eigenvalue weighted by atomic mass is 9.82. The largest absolute Gasteiger partial charge is 0.455 e. The van der Waals surface area contributed by atoms with Crippen LogP contribution in [-0.4, -0.2) is 4.57 Å². The minimum Gasteiger partial charge on any atom is -0.455 e. The Kier molecular flexibility index (Phi) is 5.37. The summed E-state index contributed by atoms with van der Waals surface area (Å²) in [6.45, 7) is 4.67. The number of aromatic nitrogens is 1. The van der Waals surface area contributed by atoms with Gasteiger partial charge in [-0.05, 0) is 81.4 Å². The topological polar surface area (TPSA) is 18.1 Å². The van der Waals surface area contributed by atoms with Gasteiger partial charge in [-0.15, -0.1) is 0 Å². The minimum absolute atomic E-state index is 0.133. The Bertz CT molecular complexity index is 2590. The third-order valence-corrected chi connectivity index (χ3v) is 10.4. The number of benzene rings is 7. The summed E-state index contributed by atoms with van der Waals surface area (Å²) < 4.78 is 9.06. The number of fused-ring (bicyclic) bond motifs is 10. The molecule has 0 saturated carbocycles. The molecule has 7 aromatic carbocycles. The predicted molar refractivity (Wildman–Crippen MR) is 196 cm³/mol. The zero-order valence-electron chi connectivity index (χ0n) is 26.3. The Balaban J connectivity index is 1.25. The van der Waals surface area contributed by atoms with Crippen LogP contribution in [0, 0.1) is 0 Å². The Morgan fingerprint density at radius 2 is 1.06 bits per heavy atom. The maximum absolute atomic E-state index is 6.62. The van der Waals surface area contributed by atoms with E-state index < -0.39 is 0 Å². The lowest BCUT2D eigenvalue weighted by molar-refractivity contribution is 0.653. The van der Waals surface area contributed by atoms with Crippen LogP contribution in [0.25, 0.3) is 82.8 Å². The van der Waals surface area contributed by atoms with E-state index in [2.05, 4.69) is 170 Å². The van der Waals surface area contributed by atoms with Crippen molar-refractivity contribution in [2.24, 2.45) is 0 Å². The average molecular weight is 602 g/mol. The van der Waals surface area contributed by atoms with Crippen molar-refractivity contribution in [3.8, 4) is 39.1 Å². The fraction of sp³-hybridized carbons (Fsp3) is 0.0667. The number of rotatable bonds is 3. The molecule has 0 unspecified atom stereocenters. The van der Waals surface area contributed by atoms with Gasteiger partial charge in [-0.2, -0.15) is 0 Å². The van der Waals surface area contributed by atoms with Gasteiger partial charge in [0.05, 0.1) is 11.0 Å². The van der Waals surface area contributed by atoms with Crippen LogP contribution in [0.1, 0.15) is 25.0 Å². The molecule has 0 aliphatic heterocycles. The van der Waals surface area contributed by atoms with Gasteiger partial charge in [0.15, 0.2) is 0 Å². The molecular weight excluding hydrogens is 571 g/mol. The van der Waals surface area contributed by atoms with Crippen LogP contribution >= 0.6 is 0 Å². The molecule has 2 aromatic heterocycles. The number of para-hydroxylation sites is 1. The third-order valence-electron chi connectivity index (χ3n) is 10.4. The van der Waals surface area contributed by atoms with Crippen LogP contribution in [-0.2, 0) is 5.41 Å². The summed E-state index contributed by atoms with van der Waals surface area (Å²) >= 11 is 0. The van der Waals surface area contributed by atoms with Crippen molar-refractivity contribution >= 4 is 43.7 Å². The second-order valence-corrected chi connectivity index (χ2v) is 13.3. The van der Waals surface area contributed by atoms with Gasteiger partial charge < -0.3 is 8.98 Å². The van der Waals surface area contributed by atoms with Gasteiger partial charge >= 0.3 is 0 Å². The van der Waals surface area contributed by atoms with E-state index >= 15 is 0 Å². The van der Waals surface area contributed by atoms with E-state index in [0.29, 0.717) is 0 Å². The first kappa shape index (κ1) is 26.4. The van der Waals surface area contributed by atoms with E-state index in [-0.39, 0.29) is 5.41 Å². The smallest absolute Gasteiger partial charge is 0.143 e. The summed E-state index contributed by atoms with van der Waals surface area (Å²) in [7, 11) is 0. The molecule has 10 rings (SSSR count). The standard InChI is InChI=1S/C45H31NO/c1-45(2)38-21-19-32(27-37(38)43-39(45)22-20-34-33-15-9-10-16-42(33)47-44(34)43)46-40-23-17-30(28-11-5-3-6-12-28)25-35(40)36-26-31(18-24-41(36)46)29-13-7-4-8-14-29/h3-27H,1-2H3. The van der Waals surface area contributed by atoms with Crippen LogP contribution in [0.4, 0.5) is 0 Å². The Labute approximate surface area is 273 Å². The molecule has 2 heterocycles. The predicted octanol–water partition coefficient (Wildman–Crippen LogP) is 12.3. The van der Waals surface area contributed by atoms with E-state index in [1.165, 1.54) is 77.1 Å². The van der Waals surface area contributed by atoms with Gasteiger partial charge in [-0.1, -0.05) is 123 Å². The third kappa shape index (κ3) is 3.73. The maximum Gasteiger partial charge on any atom is 0.143 e. The van der Waals surface area contributed by atoms with Crippen LogP contribution in [0.15, 0.2) is 156 Å². The first-order valence-electron chi connectivity index (χ1n) is 16.4. The van der Waals surface area contributed by atoms with E-state index in [9.17, 15) is 0 Å². The molecule has 0 bridgehead atoms. The zero-order valence-corrected chi connectivity index (χ0v) is 26.3. The van der Waals surface area contributed by atoms with E-state index in [1.807, 2.05) is 0 Å². The van der Waals surface area contributed by atoms with Gasteiger partial charge in [0.25, 0.3) is 0 Å². The normalized spacial score (nSPS) is 13.5. The highest BCUT2D eigenvalue weighted by Crippen LogP contribution is 2.53. The molecule has 0 fully saturated rings. The molecule has 0 atom stereocenters. The highest BCUT2D eigenvalue weighted by atomic mass is 16.3. The van der Waals surface area contributed by atoms with Crippen molar-refractivity contribution in [2.75, 3.05) is 0 Å². The summed E-state index contributed by atoms with van der Waals surface area (Å²) in [6, 6.07) is 55.2. The van der Waals surface area contributed by atoms with Gasteiger partial charge in [-0.3, -0.25) is 0 Å². The minimum atomic E-state index is -0.133. The Morgan fingerprint density at radius 1 is 0.468 bits per heavy atom. The average Bonchev–Trinajstić information content (AvgIpc) is 3.74.